The molecule has 1 saturated carbocycles. The van der Waals surface area contributed by atoms with Crippen molar-refractivity contribution in [2.24, 2.45) is 5.92 Å². The van der Waals surface area contributed by atoms with E-state index in [1.807, 2.05) is 37.3 Å². The number of carbonyl (C=O) groups is 2. The first-order valence-corrected chi connectivity index (χ1v) is 8.26. The van der Waals surface area contributed by atoms with E-state index < -0.39 is 0 Å². The molecular weight excluding hydrogens is 326 g/mol. The predicted molar refractivity (Wildman–Crippen MR) is 98.6 cm³/mol. The van der Waals surface area contributed by atoms with Gasteiger partial charge in [0.2, 0.25) is 11.8 Å². The highest BCUT2D eigenvalue weighted by molar-refractivity contribution is 5.98. The van der Waals surface area contributed by atoms with Gasteiger partial charge in [0.15, 0.2) is 0 Å². The fourth-order valence-corrected chi connectivity index (χ4v) is 3.12. The van der Waals surface area contributed by atoms with Crippen molar-refractivity contribution in [3.8, 4) is 0 Å². The molecule has 1 aromatic carbocycles. The Hall–Kier alpha value is -1.85. The maximum Gasteiger partial charge on any atom is 0.245 e. The lowest BCUT2D eigenvalue weighted by molar-refractivity contribution is -0.119. The van der Waals surface area contributed by atoms with E-state index in [0.29, 0.717) is 6.54 Å². The van der Waals surface area contributed by atoms with Crippen LogP contribution in [0, 0.1) is 12.8 Å². The van der Waals surface area contributed by atoms with Crippen LogP contribution in [0.5, 0.6) is 0 Å². The molecule has 130 valence electrons. The zero-order valence-corrected chi connectivity index (χ0v) is 14.6. The van der Waals surface area contributed by atoms with Gasteiger partial charge >= 0.3 is 0 Å². The van der Waals surface area contributed by atoms with Gasteiger partial charge in [0.05, 0.1) is 0 Å². The second-order valence-corrected chi connectivity index (χ2v) is 6.30. The third kappa shape index (κ3) is 4.36. The molecular formula is C18H24ClN3O2. The number of amides is 2. The molecule has 0 bridgehead atoms. The standard InChI is InChI=1S/C18H23N3O2.ClH/c1-12-8-9-14(20-17(22)13-5-2-3-6-13)11-16(12)21-18(23)15-7-4-10-19-15;/h4,7-9,11,13,15,19H,2-3,5-6,10H2,1H3,(H,20,22)(H,21,23);1H. The summed E-state index contributed by atoms with van der Waals surface area (Å²) in [5, 5.41) is 8.99. The average molecular weight is 350 g/mol. The maximum absolute atomic E-state index is 12.2. The molecule has 1 aromatic rings. The molecule has 2 aliphatic rings. The second-order valence-electron chi connectivity index (χ2n) is 6.30. The normalized spacial score (nSPS) is 19.8. The van der Waals surface area contributed by atoms with Crippen molar-refractivity contribution in [2.75, 3.05) is 17.2 Å². The molecule has 1 fully saturated rings. The summed E-state index contributed by atoms with van der Waals surface area (Å²) in [6, 6.07) is 5.34. The summed E-state index contributed by atoms with van der Waals surface area (Å²) in [5.41, 5.74) is 2.44. The van der Waals surface area contributed by atoms with Gasteiger partial charge in [0.25, 0.3) is 0 Å². The summed E-state index contributed by atoms with van der Waals surface area (Å²) in [4.78, 5) is 24.4. The Bertz CT molecular complexity index is 639. The van der Waals surface area contributed by atoms with Crippen molar-refractivity contribution < 1.29 is 9.59 Å². The third-order valence-corrected chi connectivity index (χ3v) is 4.56. The number of nitrogens with one attached hydrogen (secondary N) is 3. The number of hydrogen-bond donors (Lipinski definition) is 3. The molecule has 1 aliphatic heterocycles. The monoisotopic (exact) mass is 349 g/mol. The van der Waals surface area contributed by atoms with E-state index in [9.17, 15) is 9.59 Å². The van der Waals surface area contributed by atoms with Crippen LogP contribution in [0.15, 0.2) is 30.4 Å². The molecule has 24 heavy (non-hydrogen) atoms. The average Bonchev–Trinajstić information content (AvgIpc) is 3.23. The van der Waals surface area contributed by atoms with Crippen molar-refractivity contribution in [1.82, 2.24) is 5.32 Å². The first kappa shape index (κ1) is 18.5. The highest BCUT2D eigenvalue weighted by Crippen LogP contribution is 2.27. The van der Waals surface area contributed by atoms with Gasteiger partial charge in [-0.3, -0.25) is 14.9 Å². The Morgan fingerprint density at radius 2 is 1.88 bits per heavy atom. The van der Waals surface area contributed by atoms with Crippen LogP contribution in [0.3, 0.4) is 0 Å². The van der Waals surface area contributed by atoms with Crippen molar-refractivity contribution in [2.45, 2.75) is 38.6 Å². The first-order chi connectivity index (χ1) is 11.1. The second kappa shape index (κ2) is 8.31. The number of halogens is 1. The molecule has 0 saturated heterocycles. The highest BCUT2D eigenvalue weighted by Gasteiger charge is 2.23. The zero-order valence-electron chi connectivity index (χ0n) is 13.8. The van der Waals surface area contributed by atoms with Crippen molar-refractivity contribution in [1.29, 1.82) is 0 Å². The zero-order chi connectivity index (χ0) is 16.2. The molecule has 1 unspecified atom stereocenters. The van der Waals surface area contributed by atoms with Crippen LogP contribution in [0.1, 0.15) is 31.2 Å². The van der Waals surface area contributed by atoms with Crippen LogP contribution < -0.4 is 16.0 Å². The van der Waals surface area contributed by atoms with Gasteiger partial charge in [-0.25, -0.2) is 0 Å². The largest absolute Gasteiger partial charge is 0.326 e. The van der Waals surface area contributed by atoms with Gasteiger partial charge in [0, 0.05) is 23.8 Å². The van der Waals surface area contributed by atoms with Crippen LogP contribution in [-0.4, -0.2) is 24.4 Å². The number of benzene rings is 1. The minimum atomic E-state index is -0.286. The van der Waals surface area contributed by atoms with Gasteiger partial charge < -0.3 is 10.6 Å². The van der Waals surface area contributed by atoms with Gasteiger partial charge in [-0.15, -0.1) is 12.4 Å². The number of rotatable bonds is 4. The fourth-order valence-electron chi connectivity index (χ4n) is 3.12. The maximum atomic E-state index is 12.2. The highest BCUT2D eigenvalue weighted by atomic mass is 35.5. The number of hydrogen-bond acceptors (Lipinski definition) is 3. The Morgan fingerprint density at radius 3 is 2.54 bits per heavy atom. The number of anilines is 2. The summed E-state index contributed by atoms with van der Waals surface area (Å²) in [5.74, 6) is 0.132. The van der Waals surface area contributed by atoms with Crippen molar-refractivity contribution in [3.63, 3.8) is 0 Å². The molecule has 2 amide bonds. The van der Waals surface area contributed by atoms with Crippen LogP contribution in [0.2, 0.25) is 0 Å². The molecule has 1 heterocycles. The molecule has 3 N–H and O–H groups in total. The fraction of sp³-hybridized carbons (Fsp3) is 0.444. The van der Waals surface area contributed by atoms with Gasteiger partial charge in [-0.2, -0.15) is 0 Å². The Balaban J connectivity index is 0.00000208. The van der Waals surface area contributed by atoms with E-state index >= 15 is 0 Å². The summed E-state index contributed by atoms with van der Waals surface area (Å²) in [7, 11) is 0. The van der Waals surface area contributed by atoms with Gasteiger partial charge in [-0.1, -0.05) is 31.1 Å². The van der Waals surface area contributed by atoms with Crippen LogP contribution in [-0.2, 0) is 9.59 Å². The Labute approximate surface area is 148 Å². The van der Waals surface area contributed by atoms with E-state index in [1.165, 1.54) is 0 Å². The smallest absolute Gasteiger partial charge is 0.245 e. The van der Waals surface area contributed by atoms with Gasteiger partial charge in [0.1, 0.15) is 6.04 Å². The van der Waals surface area contributed by atoms with Crippen molar-refractivity contribution in [3.05, 3.63) is 35.9 Å². The summed E-state index contributed by atoms with van der Waals surface area (Å²) in [6.45, 7) is 2.66. The van der Waals surface area contributed by atoms with E-state index in [1.54, 1.807) is 0 Å². The topological polar surface area (TPSA) is 70.2 Å². The van der Waals surface area contributed by atoms with Gasteiger partial charge in [-0.05, 0) is 37.5 Å². The lowest BCUT2D eigenvalue weighted by Gasteiger charge is -2.15. The quantitative estimate of drug-likeness (QED) is 0.732. The summed E-state index contributed by atoms with van der Waals surface area (Å²) >= 11 is 0. The minimum absolute atomic E-state index is 0. The van der Waals surface area contributed by atoms with E-state index in [-0.39, 0.29) is 36.2 Å². The Kier molecular flexibility index (Phi) is 6.40. The minimum Gasteiger partial charge on any atom is -0.326 e. The lowest BCUT2D eigenvalue weighted by atomic mass is 10.1. The SMILES string of the molecule is Cc1ccc(NC(=O)C2CCCC2)cc1NC(=O)C1C=CCN1.Cl. The lowest BCUT2D eigenvalue weighted by Crippen LogP contribution is -2.35. The number of aryl methyl sites for hydroxylation is 1. The molecule has 0 spiro atoms. The van der Waals surface area contributed by atoms with Crippen LogP contribution in [0.4, 0.5) is 11.4 Å². The molecule has 0 aromatic heterocycles. The summed E-state index contributed by atoms with van der Waals surface area (Å²) < 4.78 is 0. The molecule has 1 atom stereocenters. The number of carbonyl (C=O) groups excluding carboxylic acids is 2. The van der Waals surface area contributed by atoms with E-state index in [0.717, 1.165) is 42.6 Å². The van der Waals surface area contributed by atoms with E-state index in [4.69, 9.17) is 0 Å². The predicted octanol–water partition coefficient (Wildman–Crippen LogP) is 3.01. The van der Waals surface area contributed by atoms with Crippen LogP contribution in [0.25, 0.3) is 0 Å². The molecule has 6 heteroatoms. The molecule has 3 rings (SSSR count). The van der Waals surface area contributed by atoms with E-state index in [2.05, 4.69) is 16.0 Å². The van der Waals surface area contributed by atoms with Crippen LogP contribution >= 0.6 is 12.4 Å². The molecule has 1 aliphatic carbocycles. The molecule has 5 nitrogen and oxygen atoms in total. The Morgan fingerprint density at radius 1 is 1.12 bits per heavy atom. The third-order valence-electron chi connectivity index (χ3n) is 4.56. The summed E-state index contributed by atoms with van der Waals surface area (Å²) in [6.07, 6.45) is 8.01. The first-order valence-electron chi connectivity index (χ1n) is 8.26. The molecule has 0 radical (unpaired) electrons. The van der Waals surface area contributed by atoms with Crippen molar-refractivity contribution >= 4 is 35.6 Å².